The lowest BCUT2D eigenvalue weighted by Crippen LogP contribution is -2.43. The smallest absolute Gasteiger partial charge is 0.241 e. The van der Waals surface area contributed by atoms with Crippen LogP contribution < -0.4 is 4.72 Å². The summed E-state index contributed by atoms with van der Waals surface area (Å²) in [6.45, 7) is 1.87. The van der Waals surface area contributed by atoms with Crippen molar-refractivity contribution in [2.45, 2.75) is 23.2 Å². The third-order valence-electron chi connectivity index (χ3n) is 4.36. The summed E-state index contributed by atoms with van der Waals surface area (Å²) in [4.78, 5) is 13.2. The van der Waals surface area contributed by atoms with E-state index in [2.05, 4.69) is 4.72 Å². The predicted octanol–water partition coefficient (Wildman–Crippen LogP) is 4.50. The van der Waals surface area contributed by atoms with Crippen LogP contribution in [0.25, 0.3) is 0 Å². The van der Waals surface area contributed by atoms with Gasteiger partial charge in [0.25, 0.3) is 0 Å². The molecule has 0 aliphatic carbocycles. The van der Waals surface area contributed by atoms with E-state index in [-0.39, 0.29) is 10.7 Å². The van der Waals surface area contributed by atoms with E-state index in [0.29, 0.717) is 11.1 Å². The van der Waals surface area contributed by atoms with Gasteiger partial charge in [-0.25, -0.2) is 8.42 Å². The van der Waals surface area contributed by atoms with Crippen LogP contribution in [-0.2, 0) is 10.0 Å². The van der Waals surface area contributed by atoms with E-state index < -0.39 is 21.4 Å². The molecule has 2 atom stereocenters. The van der Waals surface area contributed by atoms with Gasteiger partial charge in [-0.3, -0.25) is 4.79 Å². The third-order valence-corrected chi connectivity index (χ3v) is 6.33. The number of nitrogens with one attached hydrogen (secondary N) is 1. The molecule has 0 saturated carbocycles. The molecule has 28 heavy (non-hydrogen) atoms. The van der Waals surface area contributed by atoms with Crippen molar-refractivity contribution in [2.24, 2.45) is 0 Å². The molecule has 0 bridgehead atoms. The first-order valence-electron chi connectivity index (χ1n) is 8.76. The minimum Gasteiger partial charge on any atom is -0.292 e. The molecule has 0 amide bonds. The molecule has 4 nitrogen and oxygen atoms in total. The Morgan fingerprint density at radius 1 is 0.857 bits per heavy atom. The molecule has 144 valence electrons. The molecule has 0 unspecified atom stereocenters. The zero-order valence-electron chi connectivity index (χ0n) is 15.2. The maximum absolute atomic E-state index is 13.1. The van der Waals surface area contributed by atoms with E-state index in [4.69, 9.17) is 11.6 Å². The summed E-state index contributed by atoms with van der Waals surface area (Å²) in [5.41, 5.74) is 1.99. The zero-order valence-corrected chi connectivity index (χ0v) is 16.8. The quantitative estimate of drug-likeness (QED) is 0.458. The van der Waals surface area contributed by atoms with Gasteiger partial charge in [0.1, 0.15) is 6.04 Å². The molecule has 0 radical (unpaired) electrons. The Labute approximate surface area is 170 Å². The van der Waals surface area contributed by atoms with Gasteiger partial charge in [0.05, 0.1) is 10.3 Å². The number of alkyl halides is 1. The number of hydrogen-bond donors (Lipinski definition) is 1. The number of halogens is 1. The Bertz CT molecular complexity index is 1040. The first kappa shape index (κ1) is 20.3. The minimum absolute atomic E-state index is 0.0842. The fourth-order valence-electron chi connectivity index (χ4n) is 2.81. The molecule has 3 aromatic carbocycles. The van der Waals surface area contributed by atoms with Gasteiger partial charge in [0.15, 0.2) is 5.78 Å². The molecular weight excluding hydrogens is 394 g/mol. The van der Waals surface area contributed by atoms with Crippen molar-refractivity contribution in [1.82, 2.24) is 4.72 Å². The third kappa shape index (κ3) is 4.68. The van der Waals surface area contributed by atoms with Crippen LogP contribution >= 0.6 is 11.6 Å². The van der Waals surface area contributed by atoms with Crippen molar-refractivity contribution in [3.8, 4) is 0 Å². The fourth-order valence-corrected chi connectivity index (χ4v) is 4.42. The maximum atomic E-state index is 13.1. The second-order valence-electron chi connectivity index (χ2n) is 6.45. The summed E-state index contributed by atoms with van der Waals surface area (Å²) in [5, 5.41) is -0.867. The number of carbonyl (C=O) groups is 1. The minimum atomic E-state index is -3.94. The lowest BCUT2D eigenvalue weighted by Gasteiger charge is -2.23. The predicted molar refractivity (Wildman–Crippen MR) is 111 cm³/mol. The average Bonchev–Trinajstić information content (AvgIpc) is 2.72. The van der Waals surface area contributed by atoms with Gasteiger partial charge in [0, 0.05) is 5.56 Å². The number of aryl methyl sites for hydroxylation is 1. The Hall–Kier alpha value is -2.47. The van der Waals surface area contributed by atoms with Crippen molar-refractivity contribution in [3.63, 3.8) is 0 Å². The van der Waals surface area contributed by atoms with Crippen molar-refractivity contribution >= 4 is 27.4 Å². The van der Waals surface area contributed by atoms with Gasteiger partial charge in [-0.05, 0) is 24.6 Å². The summed E-state index contributed by atoms with van der Waals surface area (Å²) >= 11 is 6.59. The standard InChI is InChI=1S/C22H20ClNO3S/c1-16-12-14-19(15-13-16)28(26,27)24-21(20(23)17-8-4-2-5-9-17)22(25)18-10-6-3-7-11-18/h2-15,20-21,24H,1H3/t20-,21-/m0/s1. The van der Waals surface area contributed by atoms with E-state index in [1.807, 2.05) is 13.0 Å². The van der Waals surface area contributed by atoms with E-state index in [1.54, 1.807) is 66.7 Å². The van der Waals surface area contributed by atoms with Gasteiger partial charge >= 0.3 is 0 Å². The van der Waals surface area contributed by atoms with Crippen molar-refractivity contribution in [3.05, 3.63) is 102 Å². The van der Waals surface area contributed by atoms with Crippen LogP contribution in [-0.4, -0.2) is 20.2 Å². The lowest BCUT2D eigenvalue weighted by atomic mass is 9.98. The van der Waals surface area contributed by atoms with Crippen LogP contribution in [0.15, 0.2) is 89.8 Å². The Morgan fingerprint density at radius 2 is 1.39 bits per heavy atom. The Balaban J connectivity index is 1.98. The number of carbonyl (C=O) groups excluding carboxylic acids is 1. The van der Waals surface area contributed by atoms with Crippen LogP contribution in [0.2, 0.25) is 0 Å². The highest BCUT2D eigenvalue weighted by Gasteiger charge is 2.33. The van der Waals surface area contributed by atoms with Crippen LogP contribution in [0.5, 0.6) is 0 Å². The average molecular weight is 414 g/mol. The molecule has 0 heterocycles. The highest BCUT2D eigenvalue weighted by atomic mass is 35.5. The second kappa shape index (κ2) is 8.69. The first-order chi connectivity index (χ1) is 13.4. The van der Waals surface area contributed by atoms with Crippen molar-refractivity contribution < 1.29 is 13.2 Å². The summed E-state index contributed by atoms with van der Waals surface area (Å²) in [7, 11) is -3.94. The monoisotopic (exact) mass is 413 g/mol. The van der Waals surface area contributed by atoms with E-state index in [9.17, 15) is 13.2 Å². The molecule has 0 aliphatic rings. The maximum Gasteiger partial charge on any atom is 0.241 e. The number of Topliss-reactive ketones (excluding diaryl/α,β-unsaturated/α-hetero) is 1. The zero-order chi connectivity index (χ0) is 20.1. The molecule has 0 fully saturated rings. The van der Waals surface area contributed by atoms with Crippen molar-refractivity contribution in [2.75, 3.05) is 0 Å². The van der Waals surface area contributed by atoms with Crippen LogP contribution in [0.4, 0.5) is 0 Å². The molecule has 3 aromatic rings. The number of hydrogen-bond acceptors (Lipinski definition) is 3. The molecular formula is C22H20ClNO3S. The van der Waals surface area contributed by atoms with E-state index in [0.717, 1.165) is 5.56 Å². The topological polar surface area (TPSA) is 63.2 Å². The highest BCUT2D eigenvalue weighted by molar-refractivity contribution is 7.89. The van der Waals surface area contributed by atoms with Gasteiger partial charge in [-0.1, -0.05) is 78.4 Å². The molecule has 0 saturated heterocycles. The highest BCUT2D eigenvalue weighted by Crippen LogP contribution is 2.28. The van der Waals surface area contributed by atoms with Crippen LogP contribution in [0.1, 0.15) is 26.9 Å². The molecule has 0 aliphatic heterocycles. The largest absolute Gasteiger partial charge is 0.292 e. The fraction of sp³-hybridized carbons (Fsp3) is 0.136. The van der Waals surface area contributed by atoms with Gasteiger partial charge in [-0.15, -0.1) is 11.6 Å². The van der Waals surface area contributed by atoms with Gasteiger partial charge < -0.3 is 0 Å². The van der Waals surface area contributed by atoms with Crippen LogP contribution in [0, 0.1) is 6.92 Å². The number of ketones is 1. The number of benzene rings is 3. The first-order valence-corrected chi connectivity index (χ1v) is 10.7. The molecule has 1 N–H and O–H groups in total. The van der Waals surface area contributed by atoms with E-state index >= 15 is 0 Å². The Kier molecular flexibility index (Phi) is 6.29. The lowest BCUT2D eigenvalue weighted by molar-refractivity contribution is 0.0951. The SMILES string of the molecule is Cc1ccc(S(=O)(=O)N[C@H](C(=O)c2ccccc2)[C@@H](Cl)c2ccccc2)cc1. The molecule has 3 rings (SSSR count). The summed E-state index contributed by atoms with van der Waals surface area (Å²) in [6.07, 6.45) is 0. The second-order valence-corrected chi connectivity index (χ2v) is 8.64. The Morgan fingerprint density at radius 3 is 1.96 bits per heavy atom. The summed E-state index contributed by atoms with van der Waals surface area (Å²) < 4.78 is 28.3. The molecule has 6 heteroatoms. The van der Waals surface area contributed by atoms with Crippen LogP contribution in [0.3, 0.4) is 0 Å². The van der Waals surface area contributed by atoms with Gasteiger partial charge in [-0.2, -0.15) is 4.72 Å². The van der Waals surface area contributed by atoms with Gasteiger partial charge in [0.2, 0.25) is 10.0 Å². The molecule has 0 aromatic heterocycles. The van der Waals surface area contributed by atoms with E-state index in [1.165, 1.54) is 12.1 Å². The molecule has 0 spiro atoms. The van der Waals surface area contributed by atoms with Crippen molar-refractivity contribution in [1.29, 1.82) is 0 Å². The number of rotatable bonds is 7. The summed E-state index contributed by atoms with van der Waals surface area (Å²) in [5.74, 6) is -0.389. The normalized spacial score (nSPS) is 13.6. The summed E-state index contributed by atoms with van der Waals surface area (Å²) in [6, 6.07) is 22.8. The number of sulfonamides is 1.